The minimum Gasteiger partial charge on any atom is -0.322 e. The lowest BCUT2D eigenvalue weighted by Crippen LogP contribution is -2.12. The number of alkyl halides is 3. The van der Waals surface area contributed by atoms with Gasteiger partial charge in [-0.2, -0.15) is 13.2 Å². The van der Waals surface area contributed by atoms with E-state index in [1.165, 1.54) is 24.5 Å². The predicted molar refractivity (Wildman–Crippen MR) is 63.6 cm³/mol. The molecule has 0 saturated carbocycles. The lowest BCUT2D eigenvalue weighted by Gasteiger charge is -2.08. The fraction of sp³-hybridized carbons (Fsp3) is 0.0769. The number of hydrogen-bond acceptors (Lipinski definition) is 2. The molecule has 0 atom stereocenters. The van der Waals surface area contributed by atoms with Gasteiger partial charge in [-0.3, -0.25) is 9.78 Å². The van der Waals surface area contributed by atoms with Crippen molar-refractivity contribution in [2.24, 2.45) is 0 Å². The Labute approximate surface area is 107 Å². The van der Waals surface area contributed by atoms with Crippen LogP contribution in [0.3, 0.4) is 0 Å². The van der Waals surface area contributed by atoms with E-state index < -0.39 is 17.6 Å². The van der Waals surface area contributed by atoms with Crippen molar-refractivity contribution >= 4 is 11.6 Å². The SMILES string of the molecule is O=C(Nc1ccc(C(F)(F)F)cc1)c1cccnc1. The van der Waals surface area contributed by atoms with Crippen molar-refractivity contribution in [3.05, 3.63) is 59.9 Å². The first-order chi connectivity index (χ1) is 8.97. The van der Waals surface area contributed by atoms with Gasteiger partial charge >= 0.3 is 6.18 Å². The molecule has 1 amide bonds. The van der Waals surface area contributed by atoms with Gasteiger partial charge in [0.15, 0.2) is 0 Å². The van der Waals surface area contributed by atoms with E-state index >= 15 is 0 Å². The van der Waals surface area contributed by atoms with Crippen molar-refractivity contribution in [3.8, 4) is 0 Å². The summed E-state index contributed by atoms with van der Waals surface area (Å²) in [4.78, 5) is 15.5. The molecule has 0 saturated heterocycles. The number of nitrogens with zero attached hydrogens (tertiary/aromatic N) is 1. The van der Waals surface area contributed by atoms with Crippen molar-refractivity contribution in [2.75, 3.05) is 5.32 Å². The number of halogens is 3. The largest absolute Gasteiger partial charge is 0.416 e. The minimum atomic E-state index is -4.38. The van der Waals surface area contributed by atoms with Crippen LogP contribution in [0.4, 0.5) is 18.9 Å². The standard InChI is InChI=1S/C13H9F3N2O/c14-13(15,16)10-3-5-11(6-4-10)18-12(19)9-2-1-7-17-8-9/h1-8H,(H,18,19). The Morgan fingerprint density at radius 1 is 1.11 bits per heavy atom. The van der Waals surface area contributed by atoms with Crippen LogP contribution in [0, 0.1) is 0 Å². The summed E-state index contributed by atoms with van der Waals surface area (Å²) in [7, 11) is 0. The molecule has 98 valence electrons. The maximum absolute atomic E-state index is 12.4. The molecule has 2 aromatic rings. The lowest BCUT2D eigenvalue weighted by atomic mass is 10.2. The van der Waals surface area contributed by atoms with Crippen LogP contribution in [0.1, 0.15) is 15.9 Å². The monoisotopic (exact) mass is 266 g/mol. The first kappa shape index (κ1) is 13.1. The molecule has 1 heterocycles. The Kier molecular flexibility index (Phi) is 3.50. The van der Waals surface area contributed by atoms with Crippen LogP contribution in [0.5, 0.6) is 0 Å². The molecule has 0 aliphatic heterocycles. The second-order valence-electron chi connectivity index (χ2n) is 3.77. The van der Waals surface area contributed by atoms with E-state index in [2.05, 4.69) is 10.3 Å². The zero-order chi connectivity index (χ0) is 13.9. The van der Waals surface area contributed by atoms with Gasteiger partial charge in [0.25, 0.3) is 5.91 Å². The normalized spacial score (nSPS) is 11.1. The van der Waals surface area contributed by atoms with Crippen LogP contribution < -0.4 is 5.32 Å². The van der Waals surface area contributed by atoms with Gasteiger partial charge < -0.3 is 5.32 Å². The lowest BCUT2D eigenvalue weighted by molar-refractivity contribution is -0.137. The summed E-state index contributed by atoms with van der Waals surface area (Å²) in [6.07, 6.45) is -1.49. The Bertz CT molecular complexity index is 565. The molecule has 6 heteroatoms. The molecule has 2 rings (SSSR count). The summed E-state index contributed by atoms with van der Waals surface area (Å²) in [6, 6.07) is 7.40. The van der Waals surface area contributed by atoms with E-state index in [9.17, 15) is 18.0 Å². The first-order valence-electron chi connectivity index (χ1n) is 5.35. The fourth-order valence-electron chi connectivity index (χ4n) is 1.44. The molecule has 0 aliphatic rings. The van der Waals surface area contributed by atoms with Gasteiger partial charge in [0, 0.05) is 18.1 Å². The number of anilines is 1. The van der Waals surface area contributed by atoms with Crippen molar-refractivity contribution in [1.82, 2.24) is 4.98 Å². The molecule has 0 aliphatic carbocycles. The van der Waals surface area contributed by atoms with Gasteiger partial charge in [-0.1, -0.05) is 0 Å². The van der Waals surface area contributed by atoms with E-state index in [0.29, 0.717) is 11.3 Å². The molecule has 0 fully saturated rings. The first-order valence-corrected chi connectivity index (χ1v) is 5.35. The molecule has 0 spiro atoms. The topological polar surface area (TPSA) is 42.0 Å². The van der Waals surface area contributed by atoms with E-state index in [1.54, 1.807) is 12.1 Å². The molecule has 1 aromatic carbocycles. The van der Waals surface area contributed by atoms with Gasteiger partial charge in [0.05, 0.1) is 11.1 Å². The second-order valence-corrected chi connectivity index (χ2v) is 3.77. The number of carbonyl (C=O) groups excluding carboxylic acids is 1. The van der Waals surface area contributed by atoms with Crippen molar-refractivity contribution in [3.63, 3.8) is 0 Å². The molecule has 0 bridgehead atoms. The number of rotatable bonds is 2. The second kappa shape index (κ2) is 5.09. The van der Waals surface area contributed by atoms with Crippen LogP contribution in [0.25, 0.3) is 0 Å². The number of pyridine rings is 1. The van der Waals surface area contributed by atoms with E-state index in [0.717, 1.165) is 12.1 Å². The number of benzene rings is 1. The maximum atomic E-state index is 12.4. The van der Waals surface area contributed by atoms with Crippen molar-refractivity contribution < 1.29 is 18.0 Å². The molecule has 0 unspecified atom stereocenters. The predicted octanol–water partition coefficient (Wildman–Crippen LogP) is 3.35. The fourth-order valence-corrected chi connectivity index (χ4v) is 1.44. The van der Waals surface area contributed by atoms with E-state index in [-0.39, 0.29) is 0 Å². The number of carbonyl (C=O) groups is 1. The smallest absolute Gasteiger partial charge is 0.322 e. The molecular formula is C13H9F3N2O. The summed E-state index contributed by atoms with van der Waals surface area (Å²) in [5.41, 5.74) is -0.129. The Morgan fingerprint density at radius 3 is 2.32 bits per heavy atom. The summed E-state index contributed by atoms with van der Waals surface area (Å²) in [5.74, 6) is -0.423. The van der Waals surface area contributed by atoms with Crippen LogP contribution >= 0.6 is 0 Å². The zero-order valence-electron chi connectivity index (χ0n) is 9.61. The third-order valence-electron chi connectivity index (χ3n) is 2.39. The zero-order valence-corrected chi connectivity index (χ0v) is 9.61. The Morgan fingerprint density at radius 2 is 1.79 bits per heavy atom. The average Bonchev–Trinajstić information content (AvgIpc) is 2.39. The van der Waals surface area contributed by atoms with Gasteiger partial charge in [0.1, 0.15) is 0 Å². The highest BCUT2D eigenvalue weighted by Crippen LogP contribution is 2.29. The summed E-state index contributed by atoms with van der Waals surface area (Å²) in [5, 5.41) is 2.49. The van der Waals surface area contributed by atoms with Crippen molar-refractivity contribution in [1.29, 1.82) is 0 Å². The van der Waals surface area contributed by atoms with Gasteiger partial charge in [-0.25, -0.2) is 0 Å². The van der Waals surface area contributed by atoms with Crippen molar-refractivity contribution in [2.45, 2.75) is 6.18 Å². The molecule has 19 heavy (non-hydrogen) atoms. The number of nitrogens with one attached hydrogen (secondary N) is 1. The molecule has 1 aromatic heterocycles. The highest BCUT2D eigenvalue weighted by molar-refractivity contribution is 6.03. The van der Waals surface area contributed by atoms with Gasteiger partial charge in [-0.05, 0) is 36.4 Å². The molecule has 0 radical (unpaired) electrons. The third-order valence-corrected chi connectivity index (χ3v) is 2.39. The van der Waals surface area contributed by atoms with Gasteiger partial charge in [0.2, 0.25) is 0 Å². The number of amides is 1. The number of aromatic nitrogens is 1. The highest BCUT2D eigenvalue weighted by Gasteiger charge is 2.29. The van der Waals surface area contributed by atoms with Crippen LogP contribution in [0.15, 0.2) is 48.8 Å². The molecule has 3 nitrogen and oxygen atoms in total. The number of hydrogen-bond donors (Lipinski definition) is 1. The average molecular weight is 266 g/mol. The Balaban J connectivity index is 2.10. The highest BCUT2D eigenvalue weighted by atomic mass is 19.4. The maximum Gasteiger partial charge on any atom is 0.416 e. The minimum absolute atomic E-state index is 0.293. The van der Waals surface area contributed by atoms with Crippen LogP contribution in [0.2, 0.25) is 0 Å². The van der Waals surface area contributed by atoms with E-state index in [1.807, 2.05) is 0 Å². The summed E-state index contributed by atoms with van der Waals surface area (Å²) < 4.78 is 37.1. The van der Waals surface area contributed by atoms with Crippen LogP contribution in [-0.2, 0) is 6.18 Å². The van der Waals surface area contributed by atoms with Crippen LogP contribution in [-0.4, -0.2) is 10.9 Å². The van der Waals surface area contributed by atoms with E-state index in [4.69, 9.17) is 0 Å². The third kappa shape index (κ3) is 3.31. The summed E-state index contributed by atoms with van der Waals surface area (Å²) >= 11 is 0. The van der Waals surface area contributed by atoms with Gasteiger partial charge in [-0.15, -0.1) is 0 Å². The quantitative estimate of drug-likeness (QED) is 0.905. The molecule has 1 N–H and O–H groups in total. The Hall–Kier alpha value is -2.37. The summed E-state index contributed by atoms with van der Waals surface area (Å²) in [6.45, 7) is 0. The molecular weight excluding hydrogens is 257 g/mol.